The number of nitrogens with one attached hydrogen (secondary N) is 2. The number of carbonyl (C=O) groups is 1. The van der Waals surface area contributed by atoms with Crippen LogP contribution in [0.5, 0.6) is 0 Å². The summed E-state index contributed by atoms with van der Waals surface area (Å²) >= 11 is 1.21. The molecule has 11 nitrogen and oxygen atoms in total. The molecule has 0 saturated heterocycles. The van der Waals surface area contributed by atoms with E-state index in [1.54, 1.807) is 5.38 Å². The molecule has 2 heterocycles. The molecule has 0 saturated carbocycles. The lowest BCUT2D eigenvalue weighted by Gasteiger charge is -2.08. The van der Waals surface area contributed by atoms with E-state index in [1.807, 2.05) is 6.92 Å². The molecule has 0 fully saturated rings. The van der Waals surface area contributed by atoms with Gasteiger partial charge in [0.05, 0.1) is 17.9 Å². The molecule has 0 amide bonds. The predicted molar refractivity (Wildman–Crippen MR) is 90.8 cm³/mol. The topological polar surface area (TPSA) is 167 Å². The van der Waals surface area contributed by atoms with Gasteiger partial charge in [0.2, 0.25) is 11.9 Å². The van der Waals surface area contributed by atoms with E-state index in [4.69, 9.17) is 9.66 Å². The monoisotopic (exact) mass is 388 g/mol. The third kappa shape index (κ3) is 6.56. The lowest BCUT2D eigenvalue weighted by molar-refractivity contribution is -0.136. The minimum atomic E-state index is -4.08. The molecule has 0 aliphatic carbocycles. The fraction of sp³-hybridized carbons (Fsp3) is 0.417. The molecule has 2 aromatic rings. The summed E-state index contributed by atoms with van der Waals surface area (Å²) in [5.74, 6) is -0.643. The normalized spacial score (nSPS) is 11.3. The average molecular weight is 388 g/mol. The quantitative estimate of drug-likeness (QED) is 0.443. The Morgan fingerprint density at radius 2 is 1.96 bits per heavy atom. The van der Waals surface area contributed by atoms with Crippen LogP contribution < -0.4 is 10.6 Å². The summed E-state index contributed by atoms with van der Waals surface area (Å²) in [7, 11) is -4.08. The first-order chi connectivity index (χ1) is 11.7. The lowest BCUT2D eigenvalue weighted by Crippen LogP contribution is -2.17. The Balaban J connectivity index is 2.10. The van der Waals surface area contributed by atoms with Crippen molar-refractivity contribution in [3.05, 3.63) is 16.9 Å². The molecule has 136 valence electrons. The van der Waals surface area contributed by atoms with Gasteiger partial charge in [0.15, 0.2) is 5.13 Å². The molecule has 0 aliphatic heterocycles. The summed E-state index contributed by atoms with van der Waals surface area (Å²) in [5.41, 5.74) is 0.413. The first-order valence-corrected chi connectivity index (χ1v) is 9.61. The molecule has 0 aliphatic rings. The summed E-state index contributed by atoms with van der Waals surface area (Å²) in [6.07, 6.45) is 0.338. The van der Waals surface area contributed by atoms with Gasteiger partial charge in [-0.15, -0.1) is 11.3 Å². The van der Waals surface area contributed by atoms with E-state index in [9.17, 15) is 13.2 Å². The summed E-state index contributed by atoms with van der Waals surface area (Å²) in [4.78, 5) is 27.2. The van der Waals surface area contributed by atoms with E-state index in [0.29, 0.717) is 23.1 Å². The van der Waals surface area contributed by atoms with Crippen molar-refractivity contribution in [3.8, 4) is 0 Å². The summed E-state index contributed by atoms with van der Waals surface area (Å²) < 4.78 is 30.2. The van der Waals surface area contributed by atoms with E-state index < -0.39 is 21.8 Å². The van der Waals surface area contributed by atoms with Crippen LogP contribution in [0.25, 0.3) is 0 Å². The summed E-state index contributed by atoms with van der Waals surface area (Å²) in [6.45, 7) is 1.78. The number of carboxylic acids is 1. The molecular formula is C12H16N6O5S2. The molecule has 0 spiro atoms. The van der Waals surface area contributed by atoms with Crippen molar-refractivity contribution in [3.63, 3.8) is 0 Å². The van der Waals surface area contributed by atoms with Gasteiger partial charge in [-0.3, -0.25) is 14.7 Å². The first kappa shape index (κ1) is 19.0. The molecule has 2 aromatic heterocycles. The smallest absolute Gasteiger partial charge is 0.309 e. The van der Waals surface area contributed by atoms with Gasteiger partial charge in [0.25, 0.3) is 10.1 Å². The van der Waals surface area contributed by atoms with Gasteiger partial charge in [0.1, 0.15) is 5.82 Å². The third-order valence-corrected chi connectivity index (χ3v) is 4.27. The van der Waals surface area contributed by atoms with Gasteiger partial charge in [-0.25, -0.2) is 4.98 Å². The third-order valence-electron chi connectivity index (χ3n) is 2.74. The number of anilines is 3. The van der Waals surface area contributed by atoms with Gasteiger partial charge < -0.3 is 10.4 Å². The van der Waals surface area contributed by atoms with Gasteiger partial charge in [-0.1, -0.05) is 6.92 Å². The summed E-state index contributed by atoms with van der Waals surface area (Å²) in [6, 6.07) is 0. The van der Waals surface area contributed by atoms with Gasteiger partial charge in [0, 0.05) is 18.3 Å². The Morgan fingerprint density at radius 1 is 1.24 bits per heavy atom. The Morgan fingerprint density at radius 3 is 2.60 bits per heavy atom. The van der Waals surface area contributed by atoms with E-state index in [1.165, 1.54) is 11.3 Å². The second kappa shape index (κ2) is 8.13. The molecule has 0 bridgehead atoms. The van der Waals surface area contributed by atoms with Crippen LogP contribution in [0.1, 0.15) is 18.4 Å². The van der Waals surface area contributed by atoms with Gasteiger partial charge in [-0.2, -0.15) is 23.4 Å². The number of carboxylic acid groups (broad SMARTS) is 1. The summed E-state index contributed by atoms with van der Waals surface area (Å²) in [5, 5.41) is 16.4. The molecular weight excluding hydrogens is 372 g/mol. The van der Waals surface area contributed by atoms with Crippen LogP contribution in [-0.4, -0.2) is 56.3 Å². The van der Waals surface area contributed by atoms with Crippen LogP contribution in [0.4, 0.5) is 17.0 Å². The Labute approximate surface area is 147 Å². The molecule has 0 radical (unpaired) electrons. The highest BCUT2D eigenvalue weighted by Crippen LogP contribution is 2.19. The van der Waals surface area contributed by atoms with Crippen molar-refractivity contribution in [2.45, 2.75) is 19.8 Å². The zero-order valence-electron chi connectivity index (χ0n) is 13.1. The number of nitrogens with zero attached hydrogens (tertiary/aromatic N) is 4. The van der Waals surface area contributed by atoms with Crippen molar-refractivity contribution in [1.29, 1.82) is 0 Å². The van der Waals surface area contributed by atoms with E-state index in [0.717, 1.165) is 0 Å². The number of aryl methyl sites for hydroxylation is 1. The van der Waals surface area contributed by atoms with Crippen molar-refractivity contribution >= 4 is 44.5 Å². The number of hydrogen-bond donors (Lipinski definition) is 4. The first-order valence-electron chi connectivity index (χ1n) is 7.12. The lowest BCUT2D eigenvalue weighted by atomic mass is 10.3. The van der Waals surface area contributed by atoms with Crippen LogP contribution in [0.15, 0.2) is 5.38 Å². The SMILES string of the molecule is CCc1nc(NCCS(=O)(=O)O)nc(Nc2nc(CC(=O)O)cs2)n1. The standard InChI is InChI=1S/C12H16N6O5S2/c1-2-8-15-10(13-3-4-25(21,22)23)17-11(16-8)18-12-14-7(6-24-12)5-9(19)20/h6H,2-5H2,1H3,(H,19,20)(H,21,22,23)(H2,13,14,15,16,17,18). The molecule has 0 atom stereocenters. The van der Waals surface area contributed by atoms with E-state index in [2.05, 4.69) is 30.6 Å². The molecule has 2 rings (SSSR count). The maximum Gasteiger partial charge on any atom is 0.309 e. The number of hydrogen-bond acceptors (Lipinski definition) is 10. The van der Waals surface area contributed by atoms with E-state index >= 15 is 0 Å². The highest BCUT2D eigenvalue weighted by molar-refractivity contribution is 7.85. The zero-order valence-corrected chi connectivity index (χ0v) is 14.8. The van der Waals surface area contributed by atoms with Crippen LogP contribution in [0.2, 0.25) is 0 Å². The van der Waals surface area contributed by atoms with E-state index in [-0.39, 0.29) is 24.9 Å². The Hall–Kier alpha value is -2.38. The number of thiazole rings is 1. The fourth-order valence-corrected chi connectivity index (χ4v) is 2.76. The van der Waals surface area contributed by atoms with Crippen LogP contribution in [0, 0.1) is 0 Å². The maximum atomic E-state index is 10.7. The number of aliphatic carboxylic acids is 1. The second-order valence-corrected chi connectivity index (χ2v) is 7.23. The number of aromatic nitrogens is 4. The second-order valence-electron chi connectivity index (χ2n) is 4.80. The molecule has 25 heavy (non-hydrogen) atoms. The van der Waals surface area contributed by atoms with Gasteiger partial charge in [-0.05, 0) is 0 Å². The molecule has 0 unspecified atom stereocenters. The molecule has 4 N–H and O–H groups in total. The Kier molecular flexibility index (Phi) is 6.17. The zero-order chi connectivity index (χ0) is 18.4. The van der Waals surface area contributed by atoms with Crippen LogP contribution in [-0.2, 0) is 27.8 Å². The minimum absolute atomic E-state index is 0.0640. The van der Waals surface area contributed by atoms with Crippen LogP contribution in [0.3, 0.4) is 0 Å². The van der Waals surface area contributed by atoms with Crippen molar-refractivity contribution < 1.29 is 22.9 Å². The largest absolute Gasteiger partial charge is 0.481 e. The molecule has 13 heteroatoms. The molecule has 0 aromatic carbocycles. The van der Waals surface area contributed by atoms with Crippen molar-refractivity contribution in [1.82, 2.24) is 19.9 Å². The average Bonchev–Trinajstić information content (AvgIpc) is 2.91. The highest BCUT2D eigenvalue weighted by atomic mass is 32.2. The van der Waals surface area contributed by atoms with Crippen molar-refractivity contribution in [2.75, 3.05) is 22.9 Å². The number of rotatable bonds is 9. The Bertz CT molecular complexity index is 853. The minimum Gasteiger partial charge on any atom is -0.481 e. The van der Waals surface area contributed by atoms with Crippen molar-refractivity contribution in [2.24, 2.45) is 0 Å². The highest BCUT2D eigenvalue weighted by Gasteiger charge is 2.11. The van der Waals surface area contributed by atoms with Crippen LogP contribution >= 0.6 is 11.3 Å². The maximum absolute atomic E-state index is 10.7. The van der Waals surface area contributed by atoms with Gasteiger partial charge >= 0.3 is 5.97 Å². The predicted octanol–water partition coefficient (Wildman–Crippen LogP) is 0.561. The fourth-order valence-electron chi connectivity index (χ4n) is 1.70.